The molecule has 1 rings (SSSR count). The average molecular weight is 290 g/mol. The first-order chi connectivity index (χ1) is 8.47. The van der Waals surface area contributed by atoms with Crippen LogP contribution in [-0.2, 0) is 9.53 Å². The van der Waals surface area contributed by atoms with Gasteiger partial charge in [0.2, 0.25) is 0 Å². The summed E-state index contributed by atoms with van der Waals surface area (Å²) in [5.41, 5.74) is 0.892. The van der Waals surface area contributed by atoms with Gasteiger partial charge in [0.25, 0.3) is 5.91 Å². The number of amides is 1. The van der Waals surface area contributed by atoms with Crippen molar-refractivity contribution in [1.82, 2.24) is 4.90 Å². The molecule has 0 spiro atoms. The molecule has 1 aromatic heterocycles. The molecule has 18 heavy (non-hydrogen) atoms. The van der Waals surface area contributed by atoms with E-state index in [4.69, 9.17) is 16.3 Å². The van der Waals surface area contributed by atoms with E-state index in [1.807, 2.05) is 12.3 Å². The number of carbonyl (C=O) groups excluding carboxylic acids is 2. The quantitative estimate of drug-likeness (QED) is 0.783. The van der Waals surface area contributed by atoms with E-state index in [9.17, 15) is 9.59 Å². The Morgan fingerprint density at radius 2 is 2.17 bits per heavy atom. The van der Waals surface area contributed by atoms with Crippen molar-refractivity contribution in [3.63, 3.8) is 0 Å². The van der Waals surface area contributed by atoms with E-state index in [0.29, 0.717) is 23.1 Å². The SMILES string of the molecule is CCOC(=O)CCN(C)C(=O)c1scc(C)c1Cl. The van der Waals surface area contributed by atoms with Crippen molar-refractivity contribution in [2.75, 3.05) is 20.2 Å². The zero-order chi connectivity index (χ0) is 13.7. The molecule has 4 nitrogen and oxygen atoms in total. The predicted molar refractivity (Wildman–Crippen MR) is 72.3 cm³/mol. The smallest absolute Gasteiger partial charge is 0.307 e. The molecule has 0 aliphatic rings. The lowest BCUT2D eigenvalue weighted by Crippen LogP contribution is -2.29. The molecule has 0 saturated heterocycles. The van der Waals surface area contributed by atoms with Crippen LogP contribution in [0.5, 0.6) is 0 Å². The summed E-state index contributed by atoms with van der Waals surface area (Å²) in [6.07, 6.45) is 0.193. The largest absolute Gasteiger partial charge is 0.466 e. The van der Waals surface area contributed by atoms with Crippen LogP contribution in [0.2, 0.25) is 5.02 Å². The molecule has 1 amide bonds. The third kappa shape index (κ3) is 3.71. The van der Waals surface area contributed by atoms with Crippen molar-refractivity contribution in [3.05, 3.63) is 20.8 Å². The lowest BCUT2D eigenvalue weighted by Gasteiger charge is -2.15. The van der Waals surface area contributed by atoms with Gasteiger partial charge in [-0.15, -0.1) is 11.3 Å². The number of halogens is 1. The minimum atomic E-state index is -0.300. The third-order valence-electron chi connectivity index (χ3n) is 2.40. The van der Waals surface area contributed by atoms with Crippen molar-refractivity contribution < 1.29 is 14.3 Å². The van der Waals surface area contributed by atoms with Crippen molar-refractivity contribution in [2.45, 2.75) is 20.3 Å². The fourth-order valence-corrected chi connectivity index (χ4v) is 2.61. The molecule has 0 aliphatic heterocycles. The number of esters is 1. The first-order valence-electron chi connectivity index (χ1n) is 5.62. The highest BCUT2D eigenvalue weighted by atomic mass is 35.5. The van der Waals surface area contributed by atoms with Crippen molar-refractivity contribution in [1.29, 1.82) is 0 Å². The van der Waals surface area contributed by atoms with Gasteiger partial charge in [-0.1, -0.05) is 11.6 Å². The molecule has 1 aromatic rings. The molecule has 0 aromatic carbocycles. The number of hydrogen-bond donors (Lipinski definition) is 0. The monoisotopic (exact) mass is 289 g/mol. The van der Waals surface area contributed by atoms with Crippen LogP contribution in [0.15, 0.2) is 5.38 Å². The van der Waals surface area contributed by atoms with Gasteiger partial charge in [-0.3, -0.25) is 9.59 Å². The Labute approximate surface area is 115 Å². The second kappa shape index (κ2) is 6.75. The van der Waals surface area contributed by atoms with Gasteiger partial charge >= 0.3 is 5.97 Å². The van der Waals surface area contributed by atoms with Crippen LogP contribution in [-0.4, -0.2) is 37.0 Å². The minimum absolute atomic E-state index is 0.164. The zero-order valence-corrected chi connectivity index (χ0v) is 12.2. The van der Waals surface area contributed by atoms with Crippen LogP contribution >= 0.6 is 22.9 Å². The molecule has 100 valence electrons. The van der Waals surface area contributed by atoms with Gasteiger partial charge in [0.05, 0.1) is 18.1 Å². The van der Waals surface area contributed by atoms with Gasteiger partial charge in [-0.2, -0.15) is 0 Å². The van der Waals surface area contributed by atoms with Crippen LogP contribution in [0.1, 0.15) is 28.6 Å². The summed E-state index contributed by atoms with van der Waals surface area (Å²) in [5, 5.41) is 2.34. The first-order valence-corrected chi connectivity index (χ1v) is 6.87. The van der Waals surface area contributed by atoms with Crippen LogP contribution in [0.4, 0.5) is 0 Å². The van der Waals surface area contributed by atoms with Crippen molar-refractivity contribution >= 4 is 34.8 Å². The van der Waals surface area contributed by atoms with Gasteiger partial charge in [-0.05, 0) is 24.8 Å². The number of thiophene rings is 1. The number of nitrogens with zero attached hydrogens (tertiary/aromatic N) is 1. The molecule has 0 saturated carbocycles. The Bertz CT molecular complexity index is 445. The molecule has 0 fully saturated rings. The number of aryl methyl sites for hydroxylation is 1. The summed E-state index contributed by atoms with van der Waals surface area (Å²) in [5.74, 6) is -0.465. The van der Waals surface area contributed by atoms with Crippen LogP contribution in [0.25, 0.3) is 0 Å². The Balaban J connectivity index is 2.57. The third-order valence-corrected chi connectivity index (χ3v) is 4.08. The Morgan fingerprint density at radius 3 is 2.67 bits per heavy atom. The summed E-state index contributed by atoms with van der Waals surface area (Å²) >= 11 is 7.35. The number of hydrogen-bond acceptors (Lipinski definition) is 4. The Hall–Kier alpha value is -1.07. The Kier molecular flexibility index (Phi) is 5.62. The molecule has 1 heterocycles. The first kappa shape index (κ1) is 15.0. The van der Waals surface area contributed by atoms with E-state index >= 15 is 0 Å². The van der Waals surface area contributed by atoms with Gasteiger partial charge in [0, 0.05) is 13.6 Å². The zero-order valence-electron chi connectivity index (χ0n) is 10.7. The van der Waals surface area contributed by atoms with Crippen LogP contribution in [0.3, 0.4) is 0 Å². The van der Waals surface area contributed by atoms with Crippen LogP contribution < -0.4 is 0 Å². The van der Waals surface area contributed by atoms with E-state index < -0.39 is 0 Å². The summed E-state index contributed by atoms with van der Waals surface area (Å²) in [4.78, 5) is 25.2. The lowest BCUT2D eigenvalue weighted by atomic mass is 10.3. The lowest BCUT2D eigenvalue weighted by molar-refractivity contribution is -0.143. The van der Waals surface area contributed by atoms with Crippen LogP contribution in [0, 0.1) is 6.92 Å². The summed E-state index contributed by atoms with van der Waals surface area (Å²) in [6.45, 7) is 4.28. The van der Waals surface area contributed by atoms with Crippen molar-refractivity contribution in [3.8, 4) is 0 Å². The topological polar surface area (TPSA) is 46.6 Å². The molecule has 0 aliphatic carbocycles. The highest BCUT2D eigenvalue weighted by Gasteiger charge is 2.19. The highest BCUT2D eigenvalue weighted by molar-refractivity contribution is 7.13. The van der Waals surface area contributed by atoms with E-state index in [0.717, 1.165) is 5.56 Å². The molecule has 0 bridgehead atoms. The summed E-state index contributed by atoms with van der Waals surface area (Å²) < 4.78 is 4.81. The maximum absolute atomic E-state index is 12.0. The maximum Gasteiger partial charge on any atom is 0.307 e. The maximum atomic E-state index is 12.0. The molecule has 0 N–H and O–H groups in total. The molecular formula is C12H16ClNO3S. The second-order valence-electron chi connectivity index (χ2n) is 3.84. The predicted octanol–water partition coefficient (Wildman–Crippen LogP) is 2.74. The molecule has 0 atom stereocenters. The van der Waals surface area contributed by atoms with Crippen molar-refractivity contribution in [2.24, 2.45) is 0 Å². The number of ether oxygens (including phenoxy) is 1. The minimum Gasteiger partial charge on any atom is -0.466 e. The Morgan fingerprint density at radius 1 is 1.50 bits per heavy atom. The van der Waals surface area contributed by atoms with Gasteiger partial charge in [0.15, 0.2) is 0 Å². The molecular weight excluding hydrogens is 274 g/mol. The average Bonchev–Trinajstić information content (AvgIpc) is 2.66. The van der Waals surface area contributed by atoms with Gasteiger partial charge < -0.3 is 9.64 Å². The highest BCUT2D eigenvalue weighted by Crippen LogP contribution is 2.28. The normalized spacial score (nSPS) is 10.2. The van der Waals surface area contributed by atoms with E-state index in [1.54, 1.807) is 14.0 Å². The van der Waals surface area contributed by atoms with E-state index in [-0.39, 0.29) is 18.3 Å². The van der Waals surface area contributed by atoms with E-state index in [1.165, 1.54) is 16.2 Å². The fourth-order valence-electron chi connectivity index (χ4n) is 1.34. The summed E-state index contributed by atoms with van der Waals surface area (Å²) in [7, 11) is 1.65. The standard InChI is InChI=1S/C12H16ClNO3S/c1-4-17-9(15)5-6-14(3)12(16)11-10(13)8(2)7-18-11/h7H,4-6H2,1-3H3. The molecule has 6 heteroatoms. The molecule has 0 radical (unpaired) electrons. The van der Waals surface area contributed by atoms with Gasteiger partial charge in [-0.25, -0.2) is 0 Å². The van der Waals surface area contributed by atoms with E-state index in [2.05, 4.69) is 0 Å². The number of carbonyl (C=O) groups is 2. The second-order valence-corrected chi connectivity index (χ2v) is 5.10. The van der Waals surface area contributed by atoms with Gasteiger partial charge in [0.1, 0.15) is 4.88 Å². The molecule has 0 unspecified atom stereocenters. The summed E-state index contributed by atoms with van der Waals surface area (Å²) in [6, 6.07) is 0. The number of rotatable bonds is 5. The fraction of sp³-hybridized carbons (Fsp3) is 0.500.